The molecule has 0 saturated carbocycles. The summed E-state index contributed by atoms with van der Waals surface area (Å²) in [5, 5.41) is 15.6. The number of amides is 1. The van der Waals surface area contributed by atoms with Crippen LogP contribution in [-0.2, 0) is 22.6 Å². The average molecular weight is 487 g/mol. The highest BCUT2D eigenvalue weighted by Crippen LogP contribution is 2.28. The first-order valence-electron chi connectivity index (χ1n) is 11.4. The Hall–Kier alpha value is -3.59. The number of carbonyl (C=O) groups is 3. The first kappa shape index (κ1) is 26.0. The molecular weight excluding hydrogens is 458 g/mol. The van der Waals surface area contributed by atoms with Gasteiger partial charge >= 0.3 is 11.9 Å². The molecule has 9 heteroatoms. The molecule has 0 bridgehead atoms. The lowest BCUT2D eigenvalue weighted by atomic mass is 9.96. The van der Waals surface area contributed by atoms with E-state index in [9.17, 15) is 23.2 Å². The summed E-state index contributed by atoms with van der Waals surface area (Å²) in [5.41, 5.74) is 2.21. The van der Waals surface area contributed by atoms with Crippen molar-refractivity contribution in [2.75, 3.05) is 26.2 Å². The highest BCUT2D eigenvalue weighted by Gasteiger charge is 2.31. The second-order valence-corrected chi connectivity index (χ2v) is 8.62. The van der Waals surface area contributed by atoms with Crippen molar-refractivity contribution in [2.45, 2.75) is 25.8 Å². The van der Waals surface area contributed by atoms with Gasteiger partial charge in [-0.05, 0) is 68.1 Å². The van der Waals surface area contributed by atoms with Crippen molar-refractivity contribution in [1.29, 1.82) is 0 Å². The SMILES string of the molecule is O=C(O)/C=C/C(=O)O.O=C1c2cccc(F)c2CN1CC1CCN(CCc2ccc(F)cc2)CC1. The van der Waals surface area contributed by atoms with Crippen molar-refractivity contribution in [3.8, 4) is 0 Å². The van der Waals surface area contributed by atoms with Gasteiger partial charge in [-0.15, -0.1) is 0 Å². The Morgan fingerprint density at radius 3 is 2.17 bits per heavy atom. The molecule has 2 aromatic rings. The van der Waals surface area contributed by atoms with Crippen LogP contribution in [0.4, 0.5) is 8.78 Å². The van der Waals surface area contributed by atoms with Crippen molar-refractivity contribution in [2.24, 2.45) is 5.92 Å². The Kier molecular flexibility index (Phi) is 9.08. The van der Waals surface area contributed by atoms with Gasteiger partial charge in [0.25, 0.3) is 5.91 Å². The second kappa shape index (κ2) is 12.2. The van der Waals surface area contributed by atoms with E-state index in [0.717, 1.165) is 44.5 Å². The highest BCUT2D eigenvalue weighted by atomic mass is 19.1. The first-order valence-corrected chi connectivity index (χ1v) is 11.4. The number of fused-ring (bicyclic) bond motifs is 1. The Balaban J connectivity index is 0.000000371. The predicted molar refractivity (Wildman–Crippen MR) is 125 cm³/mol. The molecule has 2 aliphatic rings. The van der Waals surface area contributed by atoms with Gasteiger partial charge in [-0.25, -0.2) is 18.4 Å². The van der Waals surface area contributed by atoms with Crippen LogP contribution in [0.2, 0.25) is 0 Å². The van der Waals surface area contributed by atoms with Crippen LogP contribution in [0.15, 0.2) is 54.6 Å². The van der Waals surface area contributed by atoms with E-state index in [4.69, 9.17) is 10.2 Å². The number of nitrogens with zero attached hydrogens (tertiary/aromatic N) is 2. The fourth-order valence-electron chi connectivity index (χ4n) is 4.29. The summed E-state index contributed by atoms with van der Waals surface area (Å²) in [4.78, 5) is 35.8. The summed E-state index contributed by atoms with van der Waals surface area (Å²) in [6.45, 7) is 4.09. The van der Waals surface area contributed by atoms with Gasteiger partial charge in [0.05, 0.1) is 0 Å². The molecule has 186 valence electrons. The summed E-state index contributed by atoms with van der Waals surface area (Å²) in [7, 11) is 0. The third-order valence-electron chi connectivity index (χ3n) is 6.17. The van der Waals surface area contributed by atoms with Crippen LogP contribution < -0.4 is 0 Å². The Labute approximate surface area is 202 Å². The van der Waals surface area contributed by atoms with Gasteiger partial charge in [0, 0.05) is 42.9 Å². The number of carbonyl (C=O) groups excluding carboxylic acids is 1. The number of hydrogen-bond acceptors (Lipinski definition) is 4. The number of benzene rings is 2. The summed E-state index contributed by atoms with van der Waals surface area (Å²) < 4.78 is 26.9. The number of piperidine rings is 1. The molecule has 0 aliphatic carbocycles. The van der Waals surface area contributed by atoms with Crippen molar-refractivity contribution in [1.82, 2.24) is 9.80 Å². The van der Waals surface area contributed by atoms with E-state index in [1.165, 1.54) is 18.2 Å². The maximum atomic E-state index is 13.9. The van der Waals surface area contributed by atoms with Crippen LogP contribution in [0, 0.1) is 17.6 Å². The molecule has 0 aromatic heterocycles. The monoisotopic (exact) mass is 486 g/mol. The third kappa shape index (κ3) is 7.71. The van der Waals surface area contributed by atoms with Crippen LogP contribution in [0.5, 0.6) is 0 Å². The molecule has 2 heterocycles. The van der Waals surface area contributed by atoms with E-state index in [1.54, 1.807) is 17.0 Å². The van der Waals surface area contributed by atoms with Crippen molar-refractivity contribution >= 4 is 17.8 Å². The molecule has 0 atom stereocenters. The van der Waals surface area contributed by atoms with Crippen LogP contribution in [0.25, 0.3) is 0 Å². The number of hydrogen-bond donors (Lipinski definition) is 2. The van der Waals surface area contributed by atoms with Gasteiger partial charge in [0.2, 0.25) is 0 Å². The zero-order valence-corrected chi connectivity index (χ0v) is 19.2. The van der Waals surface area contributed by atoms with E-state index >= 15 is 0 Å². The average Bonchev–Trinajstić information content (AvgIpc) is 3.15. The van der Waals surface area contributed by atoms with E-state index in [0.29, 0.717) is 42.3 Å². The summed E-state index contributed by atoms with van der Waals surface area (Å²) >= 11 is 0. The molecule has 0 radical (unpaired) electrons. The minimum absolute atomic E-state index is 0.0387. The summed E-state index contributed by atoms with van der Waals surface area (Å²) in [6.07, 6.45) is 4.13. The predicted octanol–water partition coefficient (Wildman–Crippen LogP) is 3.59. The Morgan fingerprint density at radius 1 is 0.971 bits per heavy atom. The highest BCUT2D eigenvalue weighted by molar-refractivity contribution is 5.98. The first-order chi connectivity index (χ1) is 16.7. The van der Waals surface area contributed by atoms with Gasteiger partial charge in [-0.2, -0.15) is 0 Å². The lowest BCUT2D eigenvalue weighted by Gasteiger charge is -2.33. The van der Waals surface area contributed by atoms with Gasteiger partial charge in [0.1, 0.15) is 11.6 Å². The zero-order chi connectivity index (χ0) is 25.4. The maximum Gasteiger partial charge on any atom is 0.328 e. The number of rotatable bonds is 7. The Morgan fingerprint density at radius 2 is 1.60 bits per heavy atom. The van der Waals surface area contributed by atoms with Crippen LogP contribution in [0.1, 0.15) is 34.3 Å². The van der Waals surface area contributed by atoms with Gasteiger partial charge < -0.3 is 20.0 Å². The molecule has 2 N–H and O–H groups in total. The quantitative estimate of drug-likeness (QED) is 0.581. The van der Waals surface area contributed by atoms with E-state index in [-0.39, 0.29) is 17.5 Å². The third-order valence-corrected chi connectivity index (χ3v) is 6.17. The molecular formula is C26H28F2N2O5. The standard InChI is InChI=1S/C22H24F2N2O.C4H4O4/c23-18-6-4-16(5-7-18)8-11-25-12-9-17(10-13-25)14-26-15-20-19(22(26)27)2-1-3-21(20)24;5-3(6)1-2-4(7)8/h1-7,17H,8-15H2;1-2H,(H,5,6)(H,7,8)/b;2-1+. The smallest absolute Gasteiger partial charge is 0.328 e. The molecule has 1 saturated heterocycles. The number of carboxylic acid groups (broad SMARTS) is 2. The number of likely N-dealkylation sites (tertiary alicyclic amines) is 1. The molecule has 35 heavy (non-hydrogen) atoms. The molecule has 1 amide bonds. The van der Waals surface area contributed by atoms with E-state index in [2.05, 4.69) is 4.90 Å². The topological polar surface area (TPSA) is 98.1 Å². The van der Waals surface area contributed by atoms with Crippen molar-refractivity contribution < 1.29 is 33.4 Å². The zero-order valence-electron chi connectivity index (χ0n) is 19.2. The van der Waals surface area contributed by atoms with Gasteiger partial charge in [-0.3, -0.25) is 4.79 Å². The van der Waals surface area contributed by atoms with Gasteiger partial charge in [-0.1, -0.05) is 18.2 Å². The van der Waals surface area contributed by atoms with Crippen molar-refractivity contribution in [3.63, 3.8) is 0 Å². The number of halogens is 2. The van der Waals surface area contributed by atoms with E-state index in [1.807, 2.05) is 12.1 Å². The number of aliphatic carboxylic acids is 2. The molecule has 2 aliphatic heterocycles. The number of carboxylic acids is 2. The largest absolute Gasteiger partial charge is 0.478 e. The molecule has 0 spiro atoms. The molecule has 2 aromatic carbocycles. The minimum Gasteiger partial charge on any atom is -0.478 e. The van der Waals surface area contributed by atoms with Gasteiger partial charge in [0.15, 0.2) is 0 Å². The normalized spacial score (nSPS) is 16.2. The van der Waals surface area contributed by atoms with Crippen LogP contribution in [0.3, 0.4) is 0 Å². The van der Waals surface area contributed by atoms with Crippen LogP contribution in [-0.4, -0.2) is 64.0 Å². The molecule has 0 unspecified atom stereocenters. The lowest BCUT2D eigenvalue weighted by molar-refractivity contribution is -0.134. The molecule has 1 fully saturated rings. The maximum absolute atomic E-state index is 13.9. The summed E-state index contributed by atoms with van der Waals surface area (Å²) in [6, 6.07) is 11.5. The van der Waals surface area contributed by atoms with E-state index < -0.39 is 11.9 Å². The fraction of sp³-hybridized carbons (Fsp3) is 0.346. The van der Waals surface area contributed by atoms with Crippen LogP contribution >= 0.6 is 0 Å². The lowest BCUT2D eigenvalue weighted by Crippen LogP contribution is -2.39. The minimum atomic E-state index is -1.26. The molecule has 7 nitrogen and oxygen atoms in total. The van der Waals surface area contributed by atoms with Crippen molar-refractivity contribution in [3.05, 3.63) is 82.9 Å². The fourth-order valence-corrected chi connectivity index (χ4v) is 4.29. The summed E-state index contributed by atoms with van der Waals surface area (Å²) in [5.74, 6) is -2.56. The molecule has 4 rings (SSSR count). The second-order valence-electron chi connectivity index (χ2n) is 8.62. The Bertz CT molecular complexity index is 1060.